The van der Waals surface area contributed by atoms with Gasteiger partial charge < -0.3 is 14.6 Å². The highest BCUT2D eigenvalue weighted by Gasteiger charge is 2.11. The number of oxazole rings is 1. The van der Waals surface area contributed by atoms with Crippen molar-refractivity contribution in [2.75, 3.05) is 0 Å². The maximum Gasteiger partial charge on any atom is 0.417 e. The first-order valence-corrected chi connectivity index (χ1v) is 6.41. The summed E-state index contributed by atoms with van der Waals surface area (Å²) < 4.78 is 4.97. The van der Waals surface area contributed by atoms with E-state index >= 15 is 0 Å². The van der Waals surface area contributed by atoms with Gasteiger partial charge in [0.2, 0.25) is 0 Å². The van der Waals surface area contributed by atoms with Gasteiger partial charge in [-0.1, -0.05) is 18.2 Å². The van der Waals surface area contributed by atoms with E-state index in [4.69, 9.17) is 4.42 Å². The molecule has 0 saturated carbocycles. The number of hydrogen-bond donors (Lipinski definition) is 3. The van der Waals surface area contributed by atoms with E-state index in [0.29, 0.717) is 11.1 Å². The highest BCUT2D eigenvalue weighted by molar-refractivity contribution is 6.12. The molecule has 0 aliphatic rings. The van der Waals surface area contributed by atoms with Gasteiger partial charge in [-0.2, -0.15) is 0 Å². The smallest absolute Gasteiger partial charge is 0.417 e. The fourth-order valence-corrected chi connectivity index (χ4v) is 2.07. The third-order valence-electron chi connectivity index (χ3n) is 3.14. The van der Waals surface area contributed by atoms with E-state index < -0.39 is 5.76 Å². The zero-order chi connectivity index (χ0) is 15.7. The molecule has 110 valence electrons. The predicted octanol–water partition coefficient (Wildman–Crippen LogP) is 2.43. The zero-order valence-corrected chi connectivity index (χ0v) is 11.2. The Morgan fingerprint density at radius 2 is 1.95 bits per heavy atom. The monoisotopic (exact) mass is 297 g/mol. The number of aromatic amines is 1. The summed E-state index contributed by atoms with van der Waals surface area (Å²) in [5.41, 5.74) is 1.46. The number of phenols is 2. The van der Waals surface area contributed by atoms with Crippen LogP contribution in [-0.4, -0.2) is 21.0 Å². The summed E-state index contributed by atoms with van der Waals surface area (Å²) in [6.07, 6.45) is 2.79. The molecule has 1 heterocycles. The molecule has 6 nitrogen and oxygen atoms in total. The topological polar surface area (TPSA) is 104 Å². The summed E-state index contributed by atoms with van der Waals surface area (Å²) in [4.78, 5) is 25.9. The summed E-state index contributed by atoms with van der Waals surface area (Å²) >= 11 is 0. The Bertz CT molecular complexity index is 949. The van der Waals surface area contributed by atoms with Crippen molar-refractivity contribution in [3.63, 3.8) is 0 Å². The molecule has 22 heavy (non-hydrogen) atoms. The van der Waals surface area contributed by atoms with Gasteiger partial charge in [-0.25, -0.2) is 4.79 Å². The van der Waals surface area contributed by atoms with Crippen molar-refractivity contribution in [1.82, 2.24) is 4.98 Å². The van der Waals surface area contributed by atoms with Gasteiger partial charge >= 0.3 is 5.76 Å². The standard InChI is InChI=1S/C16H11NO5/c18-12(6-4-9-5-7-13(19)14(20)8-9)10-2-1-3-11-15(10)22-16(21)17-11/h1-8,19-20H,(H,17,21)/b6-4+. The number of fused-ring (bicyclic) bond motifs is 1. The van der Waals surface area contributed by atoms with Crippen LogP contribution in [0.4, 0.5) is 0 Å². The Morgan fingerprint density at radius 3 is 2.73 bits per heavy atom. The number of nitrogens with one attached hydrogen (secondary N) is 1. The van der Waals surface area contributed by atoms with Crippen molar-refractivity contribution >= 4 is 23.0 Å². The van der Waals surface area contributed by atoms with Crippen LogP contribution in [0.15, 0.2) is 51.7 Å². The molecule has 3 rings (SSSR count). The lowest BCUT2D eigenvalue weighted by Crippen LogP contribution is -1.95. The minimum absolute atomic E-state index is 0.204. The molecule has 3 N–H and O–H groups in total. The van der Waals surface area contributed by atoms with Crippen LogP contribution in [0, 0.1) is 0 Å². The number of para-hydroxylation sites is 1. The first-order valence-electron chi connectivity index (χ1n) is 6.41. The Hall–Kier alpha value is -3.28. The number of carbonyl (C=O) groups excluding carboxylic acids is 1. The van der Waals surface area contributed by atoms with Gasteiger partial charge in [0.25, 0.3) is 0 Å². The van der Waals surface area contributed by atoms with E-state index in [9.17, 15) is 19.8 Å². The van der Waals surface area contributed by atoms with E-state index in [1.54, 1.807) is 24.3 Å². The lowest BCUT2D eigenvalue weighted by atomic mass is 10.1. The van der Waals surface area contributed by atoms with Crippen molar-refractivity contribution in [1.29, 1.82) is 0 Å². The summed E-state index contributed by atoms with van der Waals surface area (Å²) in [6, 6.07) is 9.04. The number of phenolic OH excluding ortho intramolecular Hbond substituents is 2. The number of H-pyrrole nitrogens is 1. The Kier molecular flexibility index (Phi) is 3.27. The van der Waals surface area contributed by atoms with Crippen LogP contribution in [-0.2, 0) is 0 Å². The fraction of sp³-hybridized carbons (Fsp3) is 0. The average Bonchev–Trinajstić information content (AvgIpc) is 2.88. The second-order valence-electron chi connectivity index (χ2n) is 4.64. The van der Waals surface area contributed by atoms with Crippen LogP contribution in [0.2, 0.25) is 0 Å². The molecule has 0 radical (unpaired) electrons. The Labute approximate surface area is 124 Å². The average molecular weight is 297 g/mol. The first-order chi connectivity index (χ1) is 10.5. The molecule has 0 saturated heterocycles. The molecule has 6 heteroatoms. The van der Waals surface area contributed by atoms with E-state index in [2.05, 4.69) is 4.98 Å². The van der Waals surface area contributed by atoms with Crippen molar-refractivity contribution in [2.24, 2.45) is 0 Å². The van der Waals surface area contributed by atoms with Crippen LogP contribution < -0.4 is 5.76 Å². The maximum atomic E-state index is 12.2. The molecule has 3 aromatic rings. The first kappa shape index (κ1) is 13.7. The normalized spacial score (nSPS) is 11.3. The van der Waals surface area contributed by atoms with Gasteiger partial charge in [-0.3, -0.25) is 9.78 Å². The van der Waals surface area contributed by atoms with E-state index in [1.165, 1.54) is 24.3 Å². The molecule has 0 fully saturated rings. The second kappa shape index (κ2) is 5.25. The highest BCUT2D eigenvalue weighted by atomic mass is 16.4. The fourth-order valence-electron chi connectivity index (χ4n) is 2.07. The van der Waals surface area contributed by atoms with Gasteiger partial charge in [0.1, 0.15) is 0 Å². The Balaban J connectivity index is 1.94. The lowest BCUT2D eigenvalue weighted by Gasteiger charge is -1.99. The maximum absolute atomic E-state index is 12.2. The number of carbonyl (C=O) groups is 1. The highest BCUT2D eigenvalue weighted by Crippen LogP contribution is 2.25. The molecule has 0 aliphatic carbocycles. The Morgan fingerprint density at radius 1 is 1.14 bits per heavy atom. The van der Waals surface area contributed by atoms with Crippen LogP contribution in [0.3, 0.4) is 0 Å². The van der Waals surface area contributed by atoms with Gasteiger partial charge in [-0.05, 0) is 35.9 Å². The number of allylic oxidation sites excluding steroid dienone is 1. The van der Waals surface area contributed by atoms with Crippen LogP contribution in [0.1, 0.15) is 15.9 Å². The number of rotatable bonds is 3. The van der Waals surface area contributed by atoms with Crippen LogP contribution in [0.5, 0.6) is 11.5 Å². The van der Waals surface area contributed by atoms with Crippen molar-refractivity contribution < 1.29 is 19.4 Å². The number of ketones is 1. The van der Waals surface area contributed by atoms with Crippen LogP contribution >= 0.6 is 0 Å². The summed E-state index contributed by atoms with van der Waals surface area (Å²) in [5.74, 6) is -1.47. The van der Waals surface area contributed by atoms with E-state index in [1.807, 2.05) is 0 Å². The van der Waals surface area contributed by atoms with Crippen molar-refractivity contribution in [3.8, 4) is 11.5 Å². The molecule has 0 atom stereocenters. The van der Waals surface area contributed by atoms with Gasteiger partial charge in [0, 0.05) is 0 Å². The molecular weight excluding hydrogens is 286 g/mol. The third kappa shape index (κ3) is 2.49. The summed E-state index contributed by atoms with van der Waals surface area (Å²) in [6.45, 7) is 0. The third-order valence-corrected chi connectivity index (χ3v) is 3.14. The molecule has 0 spiro atoms. The van der Waals surface area contributed by atoms with Crippen molar-refractivity contribution in [2.45, 2.75) is 0 Å². The van der Waals surface area contributed by atoms with Crippen LogP contribution in [0.25, 0.3) is 17.2 Å². The molecule has 2 aromatic carbocycles. The minimum atomic E-state index is -0.623. The quantitative estimate of drug-likeness (QED) is 0.391. The molecule has 0 amide bonds. The zero-order valence-electron chi connectivity index (χ0n) is 11.2. The molecule has 0 unspecified atom stereocenters. The number of hydrogen-bond acceptors (Lipinski definition) is 5. The number of benzene rings is 2. The number of aromatic nitrogens is 1. The summed E-state index contributed by atoms with van der Waals surface area (Å²) in [7, 11) is 0. The molecule has 0 aliphatic heterocycles. The second-order valence-corrected chi connectivity index (χ2v) is 4.64. The van der Waals surface area contributed by atoms with Crippen molar-refractivity contribution in [3.05, 3.63) is 64.2 Å². The van der Waals surface area contributed by atoms with E-state index in [-0.39, 0.29) is 28.4 Å². The largest absolute Gasteiger partial charge is 0.504 e. The summed E-state index contributed by atoms with van der Waals surface area (Å²) in [5, 5.41) is 18.6. The van der Waals surface area contributed by atoms with Gasteiger partial charge in [0.05, 0.1) is 11.1 Å². The predicted molar refractivity (Wildman–Crippen MR) is 80.0 cm³/mol. The van der Waals surface area contributed by atoms with Gasteiger partial charge in [0.15, 0.2) is 22.9 Å². The SMILES string of the molecule is O=C(/C=C/c1ccc(O)c(O)c1)c1cccc2[nH]c(=O)oc12. The molecule has 0 bridgehead atoms. The molecule has 1 aromatic heterocycles. The number of aromatic hydroxyl groups is 2. The molecular formula is C16H11NO5. The minimum Gasteiger partial charge on any atom is -0.504 e. The van der Waals surface area contributed by atoms with Gasteiger partial charge in [-0.15, -0.1) is 0 Å². The lowest BCUT2D eigenvalue weighted by molar-refractivity contribution is 0.104. The van der Waals surface area contributed by atoms with E-state index in [0.717, 1.165) is 0 Å².